The Hall–Kier alpha value is 0.110. The zero-order valence-corrected chi connectivity index (χ0v) is 15.2. The van der Waals surface area contributed by atoms with Crippen LogP contribution in [0.3, 0.4) is 0 Å². The largest absolute Gasteiger partial charge is 0.260 e. The summed E-state index contributed by atoms with van der Waals surface area (Å²) in [5.74, 6) is 1.55. The second-order valence-corrected chi connectivity index (χ2v) is 8.92. The van der Waals surface area contributed by atoms with Crippen LogP contribution in [0.5, 0.6) is 0 Å². The average molecular weight is 389 g/mol. The molecule has 0 amide bonds. The summed E-state index contributed by atoms with van der Waals surface area (Å²) < 4.78 is 1.06. The average Bonchev–Trinajstić information content (AvgIpc) is 2.33. The smallest absolute Gasteiger partial charge is 0.0413 e. The molecule has 0 spiro atoms. The highest BCUT2D eigenvalue weighted by Gasteiger charge is 2.34. The van der Waals surface area contributed by atoms with E-state index in [4.69, 9.17) is 0 Å². The van der Waals surface area contributed by atoms with Crippen LogP contribution in [-0.4, -0.2) is 9.81 Å². The molecule has 1 aliphatic carbocycles. The molecular weight excluding hydrogens is 366 g/mol. The third kappa shape index (κ3) is 4.29. The third-order valence-electron chi connectivity index (χ3n) is 4.37. The summed E-state index contributed by atoms with van der Waals surface area (Å²) in [4.78, 5) is 5.18. The van der Waals surface area contributed by atoms with E-state index in [0.717, 1.165) is 16.8 Å². The molecule has 1 aliphatic rings. The predicted molar refractivity (Wildman–Crippen MR) is 88.6 cm³/mol. The van der Waals surface area contributed by atoms with E-state index in [9.17, 15) is 0 Å². The van der Waals surface area contributed by atoms with Gasteiger partial charge in [0.2, 0.25) is 0 Å². The van der Waals surface area contributed by atoms with Gasteiger partial charge in [-0.2, -0.15) is 0 Å². The van der Waals surface area contributed by atoms with Crippen LogP contribution in [0.25, 0.3) is 0 Å². The molecule has 3 heteroatoms. The van der Waals surface area contributed by atoms with Crippen molar-refractivity contribution in [2.75, 3.05) is 0 Å². The van der Waals surface area contributed by atoms with Crippen molar-refractivity contribution in [3.63, 3.8) is 0 Å². The highest BCUT2D eigenvalue weighted by molar-refractivity contribution is 9.10. The molecule has 3 unspecified atom stereocenters. The Balaban J connectivity index is 2.03. The van der Waals surface area contributed by atoms with E-state index >= 15 is 0 Å². The number of halogens is 2. The summed E-state index contributed by atoms with van der Waals surface area (Å²) >= 11 is 7.33. The van der Waals surface area contributed by atoms with Gasteiger partial charge in [-0.05, 0) is 71.0 Å². The van der Waals surface area contributed by atoms with E-state index in [1.54, 1.807) is 0 Å². The number of alkyl halides is 1. The summed E-state index contributed by atoms with van der Waals surface area (Å²) in [6.45, 7) is 7.13. The van der Waals surface area contributed by atoms with Crippen LogP contribution in [0.2, 0.25) is 0 Å². The molecule has 1 nitrogen and oxygen atoms in total. The number of aromatic nitrogens is 1. The van der Waals surface area contributed by atoms with Gasteiger partial charge in [0.15, 0.2) is 0 Å². The highest BCUT2D eigenvalue weighted by atomic mass is 79.9. The van der Waals surface area contributed by atoms with Crippen molar-refractivity contribution < 1.29 is 0 Å². The predicted octanol–water partition coefficient (Wildman–Crippen LogP) is 5.61. The first kappa shape index (κ1) is 15.5. The fourth-order valence-electron chi connectivity index (χ4n) is 3.02. The molecule has 2 rings (SSSR count). The fourth-order valence-corrected chi connectivity index (χ4v) is 3.92. The Kier molecular flexibility index (Phi) is 5.10. The van der Waals surface area contributed by atoms with Gasteiger partial charge in [-0.15, -0.1) is 0 Å². The molecule has 1 aromatic rings. The minimum absolute atomic E-state index is 0.429. The lowest BCUT2D eigenvalue weighted by molar-refractivity contribution is 0.146. The highest BCUT2D eigenvalue weighted by Crippen LogP contribution is 2.43. The minimum Gasteiger partial charge on any atom is -0.260 e. The normalized spacial score (nSPS) is 28.4. The second kappa shape index (κ2) is 6.26. The van der Waals surface area contributed by atoms with Gasteiger partial charge in [0.1, 0.15) is 0 Å². The Morgan fingerprint density at radius 3 is 2.58 bits per heavy atom. The fraction of sp³-hybridized carbons (Fsp3) is 0.688. The molecule has 1 aromatic heterocycles. The molecule has 0 N–H and O–H groups in total. The number of rotatable bonds is 2. The van der Waals surface area contributed by atoms with E-state index in [-0.39, 0.29) is 0 Å². The minimum atomic E-state index is 0.429. The van der Waals surface area contributed by atoms with Crippen molar-refractivity contribution in [3.05, 3.63) is 28.5 Å². The second-order valence-electron chi connectivity index (χ2n) is 6.82. The lowest BCUT2D eigenvalue weighted by atomic mass is 9.68. The van der Waals surface area contributed by atoms with Gasteiger partial charge in [0.05, 0.1) is 0 Å². The quantitative estimate of drug-likeness (QED) is 0.599. The van der Waals surface area contributed by atoms with Crippen molar-refractivity contribution >= 4 is 31.9 Å². The zero-order valence-electron chi connectivity index (χ0n) is 12.0. The van der Waals surface area contributed by atoms with Crippen molar-refractivity contribution in [2.24, 2.45) is 17.3 Å². The van der Waals surface area contributed by atoms with Crippen LogP contribution in [0.4, 0.5) is 0 Å². The van der Waals surface area contributed by atoms with E-state index in [1.165, 1.54) is 25.0 Å². The van der Waals surface area contributed by atoms with Crippen LogP contribution in [-0.2, 0) is 6.42 Å². The molecule has 0 bridgehead atoms. The molecule has 106 valence electrons. The molecule has 19 heavy (non-hydrogen) atoms. The van der Waals surface area contributed by atoms with Gasteiger partial charge in [0.25, 0.3) is 0 Å². The molecule has 1 heterocycles. The topological polar surface area (TPSA) is 12.9 Å². The van der Waals surface area contributed by atoms with Gasteiger partial charge in [-0.3, -0.25) is 4.98 Å². The third-order valence-corrected chi connectivity index (χ3v) is 6.05. The molecule has 0 aromatic carbocycles. The molecule has 0 saturated heterocycles. The van der Waals surface area contributed by atoms with Crippen molar-refractivity contribution in [1.82, 2.24) is 4.98 Å². The van der Waals surface area contributed by atoms with Gasteiger partial charge < -0.3 is 0 Å². The first-order valence-electron chi connectivity index (χ1n) is 7.11. The van der Waals surface area contributed by atoms with Crippen molar-refractivity contribution in [3.8, 4) is 0 Å². The Morgan fingerprint density at radius 2 is 2.00 bits per heavy atom. The Morgan fingerprint density at radius 1 is 1.26 bits per heavy atom. The van der Waals surface area contributed by atoms with Crippen LogP contribution in [0, 0.1) is 17.3 Å². The summed E-state index contributed by atoms with van der Waals surface area (Å²) in [5, 5.41) is 0. The molecule has 0 aliphatic heterocycles. The molecule has 0 radical (unpaired) electrons. The Labute approximate surface area is 133 Å². The monoisotopic (exact) mass is 387 g/mol. The van der Waals surface area contributed by atoms with E-state index in [1.807, 2.05) is 6.20 Å². The first-order valence-corrected chi connectivity index (χ1v) is 8.81. The lowest BCUT2D eigenvalue weighted by Gasteiger charge is -2.40. The number of hydrogen-bond acceptors (Lipinski definition) is 1. The van der Waals surface area contributed by atoms with Gasteiger partial charge in [0, 0.05) is 21.2 Å². The SMILES string of the molecule is CC(C)(C)C1CCC(Br)C(Cc2ccc(Br)cn2)C1. The van der Waals surface area contributed by atoms with Crippen molar-refractivity contribution in [2.45, 2.75) is 51.3 Å². The van der Waals surface area contributed by atoms with Gasteiger partial charge in [-0.1, -0.05) is 36.7 Å². The number of pyridine rings is 1. The zero-order chi connectivity index (χ0) is 14.0. The van der Waals surface area contributed by atoms with E-state index in [0.29, 0.717) is 16.2 Å². The molecule has 3 atom stereocenters. The molecule has 1 saturated carbocycles. The maximum atomic E-state index is 4.53. The molecule has 1 fully saturated rings. The van der Waals surface area contributed by atoms with Gasteiger partial charge >= 0.3 is 0 Å². The summed E-state index contributed by atoms with van der Waals surface area (Å²) in [5.41, 5.74) is 1.64. The molecular formula is C16H23Br2N. The van der Waals surface area contributed by atoms with Crippen LogP contribution < -0.4 is 0 Å². The summed E-state index contributed by atoms with van der Waals surface area (Å²) in [6.07, 6.45) is 6.96. The summed E-state index contributed by atoms with van der Waals surface area (Å²) in [6, 6.07) is 4.24. The van der Waals surface area contributed by atoms with Gasteiger partial charge in [-0.25, -0.2) is 0 Å². The van der Waals surface area contributed by atoms with Crippen LogP contribution >= 0.6 is 31.9 Å². The van der Waals surface area contributed by atoms with Crippen molar-refractivity contribution in [1.29, 1.82) is 0 Å². The lowest BCUT2D eigenvalue weighted by Crippen LogP contribution is -2.33. The number of hydrogen-bond donors (Lipinski definition) is 0. The number of nitrogens with zero attached hydrogens (tertiary/aromatic N) is 1. The van der Waals surface area contributed by atoms with E-state index in [2.05, 4.69) is 69.7 Å². The first-order chi connectivity index (χ1) is 8.86. The maximum Gasteiger partial charge on any atom is 0.0413 e. The Bertz CT molecular complexity index is 408. The maximum absolute atomic E-state index is 4.53. The van der Waals surface area contributed by atoms with Crippen LogP contribution in [0.1, 0.15) is 45.7 Å². The summed E-state index contributed by atoms with van der Waals surface area (Å²) in [7, 11) is 0. The van der Waals surface area contributed by atoms with Crippen LogP contribution in [0.15, 0.2) is 22.8 Å². The van der Waals surface area contributed by atoms with E-state index < -0.39 is 0 Å². The standard InChI is InChI=1S/C16H23Br2N/c1-16(2,3)12-4-7-15(18)11(8-12)9-14-6-5-13(17)10-19-14/h5-6,10-12,15H,4,7-9H2,1-3H3.